The van der Waals surface area contributed by atoms with Gasteiger partial charge in [0.1, 0.15) is 0 Å². The van der Waals surface area contributed by atoms with Crippen LogP contribution in [0.15, 0.2) is 46.7 Å². The van der Waals surface area contributed by atoms with Gasteiger partial charge < -0.3 is 0 Å². The molecule has 0 aliphatic rings. The summed E-state index contributed by atoms with van der Waals surface area (Å²) in [7, 11) is -3.47. The molecule has 1 atom stereocenters. The van der Waals surface area contributed by atoms with Crippen molar-refractivity contribution < 1.29 is 8.42 Å². The van der Waals surface area contributed by atoms with Crippen LogP contribution in [0, 0.1) is 12.8 Å². The first kappa shape index (κ1) is 16.2. The topological polar surface area (TPSA) is 46.2 Å². The molecule has 1 heterocycles. The van der Waals surface area contributed by atoms with Gasteiger partial charge in [0.05, 0.1) is 4.90 Å². The van der Waals surface area contributed by atoms with Gasteiger partial charge in [0, 0.05) is 10.9 Å². The summed E-state index contributed by atoms with van der Waals surface area (Å²) in [5.41, 5.74) is 1.05. The van der Waals surface area contributed by atoms with Crippen LogP contribution in [0.3, 0.4) is 0 Å². The fourth-order valence-electron chi connectivity index (χ4n) is 2.04. The lowest BCUT2D eigenvalue weighted by Crippen LogP contribution is -2.39. The van der Waals surface area contributed by atoms with Gasteiger partial charge in [0.15, 0.2) is 0 Å². The van der Waals surface area contributed by atoms with Crippen LogP contribution < -0.4 is 4.72 Å². The predicted octanol–water partition coefficient (Wildman–Crippen LogP) is 3.60. The molecule has 5 heteroatoms. The number of aryl methyl sites for hydroxylation is 1. The number of thiophene rings is 1. The molecule has 0 saturated carbocycles. The van der Waals surface area contributed by atoms with E-state index in [1.807, 2.05) is 50.4 Å². The third kappa shape index (κ3) is 4.40. The fraction of sp³-hybridized carbons (Fsp3) is 0.375. The minimum atomic E-state index is -3.47. The van der Waals surface area contributed by atoms with Crippen LogP contribution in [0.2, 0.25) is 0 Å². The van der Waals surface area contributed by atoms with Crippen molar-refractivity contribution in [1.29, 1.82) is 0 Å². The molecule has 0 saturated heterocycles. The monoisotopic (exact) mass is 323 g/mol. The largest absolute Gasteiger partial charge is 0.240 e. The summed E-state index contributed by atoms with van der Waals surface area (Å²) in [5.74, 6) is 0.229. The number of hydrogen-bond donors (Lipinski definition) is 1. The molecular weight excluding hydrogens is 302 g/mol. The fourth-order valence-corrected chi connectivity index (χ4v) is 4.19. The Hall–Kier alpha value is -1.17. The van der Waals surface area contributed by atoms with Gasteiger partial charge in [-0.25, -0.2) is 13.1 Å². The number of benzene rings is 1. The van der Waals surface area contributed by atoms with Crippen molar-refractivity contribution in [3.63, 3.8) is 0 Å². The highest BCUT2D eigenvalue weighted by Crippen LogP contribution is 2.18. The van der Waals surface area contributed by atoms with Crippen LogP contribution in [0.25, 0.3) is 0 Å². The normalized spacial score (nSPS) is 13.5. The van der Waals surface area contributed by atoms with E-state index in [4.69, 9.17) is 0 Å². The van der Waals surface area contributed by atoms with Gasteiger partial charge in [-0.15, -0.1) is 11.3 Å². The van der Waals surface area contributed by atoms with Crippen LogP contribution in [-0.4, -0.2) is 14.5 Å². The van der Waals surface area contributed by atoms with E-state index in [1.165, 1.54) is 4.88 Å². The molecule has 0 bridgehead atoms. The Bertz CT molecular complexity index is 659. The minimum Gasteiger partial charge on any atom is -0.207 e. The zero-order chi connectivity index (χ0) is 15.5. The highest BCUT2D eigenvalue weighted by Gasteiger charge is 2.23. The third-order valence-electron chi connectivity index (χ3n) is 3.44. The Balaban J connectivity index is 2.17. The molecule has 114 valence electrons. The van der Waals surface area contributed by atoms with Crippen molar-refractivity contribution in [2.45, 2.75) is 38.1 Å². The summed E-state index contributed by atoms with van der Waals surface area (Å²) in [6, 6.07) is 10.9. The van der Waals surface area contributed by atoms with Crippen molar-refractivity contribution in [2.24, 2.45) is 5.92 Å². The average Bonchev–Trinajstić information content (AvgIpc) is 2.91. The van der Waals surface area contributed by atoms with Crippen LogP contribution in [0.1, 0.15) is 24.3 Å². The molecule has 1 N–H and O–H groups in total. The second kappa shape index (κ2) is 6.73. The van der Waals surface area contributed by atoms with E-state index in [0.717, 1.165) is 12.0 Å². The molecule has 1 aromatic heterocycles. The highest BCUT2D eigenvalue weighted by atomic mass is 32.2. The Kier molecular flexibility index (Phi) is 5.19. The molecule has 2 aromatic rings. The Morgan fingerprint density at radius 1 is 1.14 bits per heavy atom. The lowest BCUT2D eigenvalue weighted by atomic mass is 10.0. The lowest BCUT2D eigenvalue weighted by Gasteiger charge is -2.22. The van der Waals surface area contributed by atoms with Gasteiger partial charge in [-0.2, -0.15) is 0 Å². The van der Waals surface area contributed by atoms with E-state index in [-0.39, 0.29) is 12.0 Å². The second-order valence-electron chi connectivity index (χ2n) is 5.57. The molecule has 0 spiro atoms. The number of nitrogens with one attached hydrogen (secondary N) is 1. The van der Waals surface area contributed by atoms with Gasteiger partial charge in [0.25, 0.3) is 0 Å². The number of sulfonamides is 1. The molecule has 3 nitrogen and oxygen atoms in total. The minimum absolute atomic E-state index is 0.102. The summed E-state index contributed by atoms with van der Waals surface area (Å²) in [5, 5.41) is 2.02. The van der Waals surface area contributed by atoms with Crippen molar-refractivity contribution in [3.05, 3.63) is 52.2 Å². The molecule has 21 heavy (non-hydrogen) atoms. The first-order valence-corrected chi connectivity index (χ1v) is 9.36. The van der Waals surface area contributed by atoms with Crippen molar-refractivity contribution in [1.82, 2.24) is 4.72 Å². The first-order chi connectivity index (χ1) is 9.88. The number of hydrogen-bond acceptors (Lipinski definition) is 3. The van der Waals surface area contributed by atoms with E-state index in [1.54, 1.807) is 23.5 Å². The summed E-state index contributed by atoms with van der Waals surface area (Å²) in [4.78, 5) is 1.52. The van der Waals surface area contributed by atoms with E-state index in [0.29, 0.717) is 4.90 Å². The second-order valence-corrected chi connectivity index (χ2v) is 8.31. The van der Waals surface area contributed by atoms with Gasteiger partial charge >= 0.3 is 0 Å². The molecule has 0 fully saturated rings. The molecule has 0 aliphatic heterocycles. The Morgan fingerprint density at radius 3 is 2.33 bits per heavy atom. The van der Waals surface area contributed by atoms with Gasteiger partial charge in [-0.05, 0) is 42.8 Å². The zero-order valence-electron chi connectivity index (χ0n) is 12.5. The summed E-state index contributed by atoms with van der Waals surface area (Å²) >= 11 is 1.66. The van der Waals surface area contributed by atoms with E-state index in [2.05, 4.69) is 4.72 Å². The van der Waals surface area contributed by atoms with Crippen molar-refractivity contribution in [3.8, 4) is 0 Å². The van der Waals surface area contributed by atoms with E-state index in [9.17, 15) is 8.42 Å². The molecular formula is C16H21NO2S2. The van der Waals surface area contributed by atoms with Crippen molar-refractivity contribution in [2.75, 3.05) is 0 Å². The summed E-state index contributed by atoms with van der Waals surface area (Å²) in [6.07, 6.45) is 0.723. The molecule has 0 unspecified atom stereocenters. The molecule has 0 radical (unpaired) electrons. The lowest BCUT2D eigenvalue weighted by molar-refractivity contribution is 0.447. The third-order valence-corrected chi connectivity index (χ3v) is 5.85. The maximum absolute atomic E-state index is 12.5. The van der Waals surface area contributed by atoms with Gasteiger partial charge in [-0.3, -0.25) is 0 Å². The Morgan fingerprint density at radius 2 is 1.81 bits per heavy atom. The summed E-state index contributed by atoms with van der Waals surface area (Å²) in [6.45, 7) is 6.02. The van der Waals surface area contributed by atoms with Crippen molar-refractivity contribution >= 4 is 21.4 Å². The standard InChI is InChI=1S/C16H21NO2S2/c1-12(2)16(11-14-5-4-10-20-14)17-21(18,19)15-8-6-13(3)7-9-15/h4-10,12,16-17H,11H2,1-3H3/t16-/m1/s1. The SMILES string of the molecule is Cc1ccc(S(=O)(=O)N[C@H](Cc2cccs2)C(C)C)cc1. The Labute approximate surface area is 131 Å². The average molecular weight is 323 g/mol. The first-order valence-electron chi connectivity index (χ1n) is 7.00. The quantitative estimate of drug-likeness (QED) is 0.883. The molecule has 0 amide bonds. The van der Waals surface area contributed by atoms with E-state index < -0.39 is 10.0 Å². The van der Waals surface area contributed by atoms with Crippen LogP contribution in [-0.2, 0) is 16.4 Å². The van der Waals surface area contributed by atoms with Crippen LogP contribution in [0.5, 0.6) is 0 Å². The van der Waals surface area contributed by atoms with E-state index >= 15 is 0 Å². The predicted molar refractivity (Wildman–Crippen MR) is 88.1 cm³/mol. The van der Waals surface area contributed by atoms with Gasteiger partial charge in [-0.1, -0.05) is 37.6 Å². The molecule has 1 aromatic carbocycles. The highest BCUT2D eigenvalue weighted by molar-refractivity contribution is 7.89. The van der Waals surface area contributed by atoms with Gasteiger partial charge in [0.2, 0.25) is 10.0 Å². The van der Waals surface area contributed by atoms with Crippen LogP contribution >= 0.6 is 11.3 Å². The number of rotatable bonds is 6. The molecule has 2 rings (SSSR count). The van der Waals surface area contributed by atoms with Crippen LogP contribution in [0.4, 0.5) is 0 Å². The zero-order valence-corrected chi connectivity index (χ0v) is 14.2. The smallest absolute Gasteiger partial charge is 0.207 e. The summed E-state index contributed by atoms with van der Waals surface area (Å²) < 4.78 is 27.8. The maximum Gasteiger partial charge on any atom is 0.240 e. The molecule has 0 aliphatic carbocycles. The maximum atomic E-state index is 12.5.